The minimum Gasteiger partial charge on any atom is -0.444 e. The molecule has 0 saturated carbocycles. The second kappa shape index (κ2) is 7.43. The molecule has 1 rings (SSSR count). The highest BCUT2D eigenvalue weighted by molar-refractivity contribution is 6.01. The molecule has 0 unspecified atom stereocenters. The number of amides is 3. The second-order valence-corrected chi connectivity index (χ2v) is 6.82. The van der Waals surface area contributed by atoms with Gasteiger partial charge in [0.2, 0.25) is 0 Å². The third-order valence-corrected chi connectivity index (χ3v) is 2.87. The number of nitrogens with one attached hydrogen (secondary N) is 1. The van der Waals surface area contributed by atoms with Crippen molar-refractivity contribution in [3.05, 3.63) is 0 Å². The predicted molar refractivity (Wildman–Crippen MR) is 79.8 cm³/mol. The molecule has 0 spiro atoms. The summed E-state index contributed by atoms with van der Waals surface area (Å²) in [5.74, 6) is -1.92. The highest BCUT2D eigenvalue weighted by atomic mass is 16.7. The van der Waals surface area contributed by atoms with E-state index in [2.05, 4.69) is 5.32 Å². The van der Waals surface area contributed by atoms with E-state index in [1.54, 1.807) is 20.8 Å². The van der Waals surface area contributed by atoms with Gasteiger partial charge in [0.15, 0.2) is 0 Å². The van der Waals surface area contributed by atoms with Gasteiger partial charge in [0.25, 0.3) is 11.8 Å². The number of hydrogen-bond acceptors (Lipinski definition) is 6. The monoisotopic (exact) mass is 328 g/mol. The van der Waals surface area contributed by atoms with E-state index in [-0.39, 0.29) is 25.2 Å². The van der Waals surface area contributed by atoms with E-state index in [1.807, 2.05) is 13.8 Å². The number of rotatable bonds is 5. The molecule has 130 valence electrons. The number of nitrogens with zero attached hydrogens (tertiary/aromatic N) is 1. The average molecular weight is 328 g/mol. The fourth-order valence-electron chi connectivity index (χ4n) is 1.95. The lowest BCUT2D eigenvalue weighted by Gasteiger charge is -2.24. The lowest BCUT2D eigenvalue weighted by molar-refractivity contribution is -0.199. The smallest absolute Gasteiger partial charge is 0.408 e. The minimum atomic E-state index is -1.01. The Bertz CT molecular complexity index is 479. The Morgan fingerprint density at radius 2 is 1.70 bits per heavy atom. The van der Waals surface area contributed by atoms with Crippen LogP contribution in [0.1, 0.15) is 53.9 Å². The third kappa shape index (κ3) is 6.25. The van der Waals surface area contributed by atoms with Crippen LogP contribution in [0.5, 0.6) is 0 Å². The number of ether oxygens (including phenoxy) is 1. The SMILES string of the molecule is CC(C)C[C@@H](NC(=O)OC(C)(C)C)C(=O)ON1C(=O)CCC1=O. The molecule has 23 heavy (non-hydrogen) atoms. The fraction of sp³-hybridized carbons (Fsp3) is 0.733. The van der Waals surface area contributed by atoms with Crippen LogP contribution in [0.25, 0.3) is 0 Å². The van der Waals surface area contributed by atoms with Crippen molar-refractivity contribution in [2.24, 2.45) is 5.92 Å². The molecule has 0 aromatic carbocycles. The van der Waals surface area contributed by atoms with E-state index < -0.39 is 35.5 Å². The molecule has 8 heteroatoms. The molecule has 0 aromatic rings. The van der Waals surface area contributed by atoms with Crippen LogP contribution < -0.4 is 5.32 Å². The Hall–Kier alpha value is -2.12. The first-order chi connectivity index (χ1) is 10.5. The van der Waals surface area contributed by atoms with E-state index in [0.29, 0.717) is 5.06 Å². The van der Waals surface area contributed by atoms with Crippen LogP contribution in [-0.2, 0) is 24.0 Å². The highest BCUT2D eigenvalue weighted by Gasteiger charge is 2.35. The van der Waals surface area contributed by atoms with Gasteiger partial charge in [-0.25, -0.2) is 9.59 Å². The Kier molecular flexibility index (Phi) is 6.12. The Labute approximate surface area is 135 Å². The van der Waals surface area contributed by atoms with Gasteiger partial charge in [-0.1, -0.05) is 13.8 Å². The summed E-state index contributed by atoms with van der Waals surface area (Å²) in [6.07, 6.45) is -0.450. The van der Waals surface area contributed by atoms with Gasteiger partial charge in [0.05, 0.1) is 0 Å². The summed E-state index contributed by atoms with van der Waals surface area (Å²) >= 11 is 0. The van der Waals surface area contributed by atoms with Gasteiger partial charge in [0.1, 0.15) is 11.6 Å². The summed E-state index contributed by atoms with van der Waals surface area (Å²) in [6, 6.07) is -1.01. The molecule has 1 aliphatic rings. The van der Waals surface area contributed by atoms with Crippen LogP contribution in [0.15, 0.2) is 0 Å². The van der Waals surface area contributed by atoms with Crippen molar-refractivity contribution in [3.63, 3.8) is 0 Å². The molecule has 0 bridgehead atoms. The van der Waals surface area contributed by atoms with Crippen molar-refractivity contribution in [3.8, 4) is 0 Å². The summed E-state index contributed by atoms with van der Waals surface area (Å²) in [7, 11) is 0. The van der Waals surface area contributed by atoms with E-state index in [0.717, 1.165) is 0 Å². The highest BCUT2D eigenvalue weighted by Crippen LogP contribution is 2.15. The maximum Gasteiger partial charge on any atom is 0.408 e. The first kappa shape index (κ1) is 18.9. The summed E-state index contributed by atoms with van der Waals surface area (Å²) < 4.78 is 5.11. The molecule has 0 aromatic heterocycles. The molecule has 0 radical (unpaired) electrons. The molecular formula is C15H24N2O6. The Balaban J connectivity index is 2.72. The lowest BCUT2D eigenvalue weighted by Crippen LogP contribution is -2.47. The Morgan fingerprint density at radius 1 is 1.17 bits per heavy atom. The molecule has 1 aliphatic heterocycles. The summed E-state index contributed by atoms with van der Waals surface area (Å²) in [4.78, 5) is 51.9. The largest absolute Gasteiger partial charge is 0.444 e. The van der Waals surface area contributed by atoms with E-state index in [9.17, 15) is 19.2 Å². The van der Waals surface area contributed by atoms with Gasteiger partial charge >= 0.3 is 12.1 Å². The summed E-state index contributed by atoms with van der Waals surface area (Å²) in [5, 5.41) is 2.89. The number of carbonyl (C=O) groups excluding carboxylic acids is 4. The lowest BCUT2D eigenvalue weighted by atomic mass is 10.0. The molecule has 1 N–H and O–H groups in total. The van der Waals surface area contributed by atoms with Gasteiger partial charge in [-0.2, -0.15) is 0 Å². The second-order valence-electron chi connectivity index (χ2n) is 6.82. The van der Waals surface area contributed by atoms with Gasteiger partial charge in [-0.15, -0.1) is 5.06 Å². The third-order valence-electron chi connectivity index (χ3n) is 2.87. The van der Waals surface area contributed by atoms with Crippen molar-refractivity contribution < 1.29 is 28.8 Å². The summed E-state index contributed by atoms with van der Waals surface area (Å²) in [5.41, 5.74) is -0.711. The number of imide groups is 1. The molecule has 1 heterocycles. The standard InChI is InChI=1S/C15H24N2O6/c1-9(2)8-10(16-14(21)22-15(3,4)5)13(20)23-17-11(18)6-7-12(17)19/h9-10H,6-8H2,1-5H3,(H,16,21)/t10-/m1/s1. The molecule has 3 amide bonds. The molecule has 1 saturated heterocycles. The summed E-state index contributed by atoms with van der Waals surface area (Å²) in [6.45, 7) is 8.82. The predicted octanol–water partition coefficient (Wildman–Crippen LogP) is 1.53. The molecular weight excluding hydrogens is 304 g/mol. The number of hydrogen-bond donors (Lipinski definition) is 1. The van der Waals surface area contributed by atoms with Gasteiger partial charge < -0.3 is 14.9 Å². The zero-order valence-corrected chi connectivity index (χ0v) is 14.2. The number of hydroxylamine groups is 2. The molecule has 1 fully saturated rings. The average Bonchev–Trinajstić information content (AvgIpc) is 2.66. The van der Waals surface area contributed by atoms with E-state index >= 15 is 0 Å². The number of carbonyl (C=O) groups is 4. The Morgan fingerprint density at radius 3 is 2.13 bits per heavy atom. The van der Waals surface area contributed by atoms with Crippen molar-refractivity contribution in [1.29, 1.82) is 0 Å². The minimum absolute atomic E-state index is 0.0143. The van der Waals surface area contributed by atoms with Crippen LogP contribution in [-0.4, -0.2) is 40.6 Å². The van der Waals surface area contributed by atoms with E-state index in [1.165, 1.54) is 0 Å². The zero-order chi connectivity index (χ0) is 17.8. The molecule has 8 nitrogen and oxygen atoms in total. The normalized spacial score (nSPS) is 16.5. The van der Waals surface area contributed by atoms with Crippen molar-refractivity contribution in [2.45, 2.75) is 65.5 Å². The molecule has 1 atom stereocenters. The maximum absolute atomic E-state index is 12.2. The van der Waals surface area contributed by atoms with Crippen LogP contribution in [0.4, 0.5) is 4.79 Å². The van der Waals surface area contributed by atoms with Gasteiger partial charge in [-0.05, 0) is 33.1 Å². The van der Waals surface area contributed by atoms with Crippen LogP contribution in [0.3, 0.4) is 0 Å². The quantitative estimate of drug-likeness (QED) is 0.768. The topological polar surface area (TPSA) is 102 Å². The first-order valence-corrected chi connectivity index (χ1v) is 7.56. The number of alkyl carbamates (subject to hydrolysis) is 1. The van der Waals surface area contributed by atoms with Crippen molar-refractivity contribution >= 4 is 23.9 Å². The van der Waals surface area contributed by atoms with Crippen LogP contribution >= 0.6 is 0 Å². The van der Waals surface area contributed by atoms with Crippen molar-refractivity contribution in [1.82, 2.24) is 10.4 Å². The fourth-order valence-corrected chi connectivity index (χ4v) is 1.95. The van der Waals surface area contributed by atoms with E-state index in [4.69, 9.17) is 9.57 Å². The van der Waals surface area contributed by atoms with Gasteiger partial charge in [-0.3, -0.25) is 9.59 Å². The van der Waals surface area contributed by atoms with Crippen molar-refractivity contribution in [2.75, 3.05) is 0 Å². The van der Waals surface area contributed by atoms with Gasteiger partial charge in [0, 0.05) is 12.8 Å². The van der Waals surface area contributed by atoms with Crippen LogP contribution in [0.2, 0.25) is 0 Å². The first-order valence-electron chi connectivity index (χ1n) is 7.56. The van der Waals surface area contributed by atoms with Crippen LogP contribution in [0, 0.1) is 5.92 Å². The molecule has 0 aliphatic carbocycles. The maximum atomic E-state index is 12.2. The zero-order valence-electron chi connectivity index (χ0n) is 14.2.